The zero-order valence-electron chi connectivity index (χ0n) is 15.0. The van der Waals surface area contributed by atoms with Crippen LogP contribution in [0.3, 0.4) is 0 Å². The number of carbonyl (C=O) groups excluding carboxylic acids is 3. The van der Waals surface area contributed by atoms with Crippen LogP contribution < -0.4 is 10.6 Å². The summed E-state index contributed by atoms with van der Waals surface area (Å²) in [5, 5.41) is 5.54. The van der Waals surface area contributed by atoms with Crippen LogP contribution in [-0.2, 0) is 4.79 Å². The van der Waals surface area contributed by atoms with Gasteiger partial charge >= 0.3 is 0 Å². The van der Waals surface area contributed by atoms with Crippen molar-refractivity contribution in [2.24, 2.45) is 0 Å². The first-order valence-electron chi connectivity index (χ1n) is 8.37. The van der Waals surface area contributed by atoms with Gasteiger partial charge in [0.2, 0.25) is 11.9 Å². The summed E-state index contributed by atoms with van der Waals surface area (Å²) in [4.78, 5) is 45.2. The molecule has 0 unspecified atom stereocenters. The number of aromatic nitrogens is 2. The number of thioether (sulfide) groups is 1. The van der Waals surface area contributed by atoms with E-state index in [2.05, 4.69) is 20.6 Å². The first kappa shape index (κ1) is 18.8. The molecule has 140 valence electrons. The third-order valence-corrected chi connectivity index (χ3v) is 4.68. The van der Waals surface area contributed by atoms with Gasteiger partial charge in [-0.15, -0.1) is 0 Å². The Bertz CT molecular complexity index is 866. The number of amides is 3. The number of hydrogen-bond donors (Lipinski definition) is 2. The molecule has 0 atom stereocenters. The molecule has 1 aromatic carbocycles. The number of aryl methyl sites for hydroxylation is 2. The van der Waals surface area contributed by atoms with Crippen molar-refractivity contribution in [3.8, 4) is 0 Å². The van der Waals surface area contributed by atoms with Crippen LogP contribution in [0.5, 0.6) is 0 Å². The van der Waals surface area contributed by atoms with E-state index in [1.165, 1.54) is 0 Å². The lowest BCUT2D eigenvalue weighted by Gasteiger charge is -2.13. The summed E-state index contributed by atoms with van der Waals surface area (Å²) >= 11 is 0.978. The third-order valence-electron chi connectivity index (χ3n) is 3.82. The molecule has 27 heavy (non-hydrogen) atoms. The molecular weight excluding hydrogens is 366 g/mol. The second-order valence-electron chi connectivity index (χ2n) is 6.04. The molecule has 0 bridgehead atoms. The Morgan fingerprint density at radius 1 is 1.19 bits per heavy atom. The van der Waals surface area contributed by atoms with E-state index in [9.17, 15) is 14.4 Å². The van der Waals surface area contributed by atoms with Gasteiger partial charge in [0.15, 0.2) is 0 Å². The summed E-state index contributed by atoms with van der Waals surface area (Å²) in [6.07, 6.45) is 0. The normalized spacial score (nSPS) is 13.8. The molecule has 8 nitrogen and oxygen atoms in total. The molecule has 3 rings (SSSR count). The van der Waals surface area contributed by atoms with Gasteiger partial charge in [0.25, 0.3) is 11.1 Å². The Labute approximate surface area is 160 Å². The molecule has 1 aliphatic heterocycles. The first-order chi connectivity index (χ1) is 12.9. The van der Waals surface area contributed by atoms with Gasteiger partial charge in [-0.3, -0.25) is 19.3 Å². The molecule has 0 spiro atoms. The van der Waals surface area contributed by atoms with Crippen LogP contribution >= 0.6 is 11.8 Å². The fourth-order valence-electron chi connectivity index (χ4n) is 2.63. The number of carbonyl (C=O) groups is 3. The first-order valence-corrected chi connectivity index (χ1v) is 9.35. The van der Waals surface area contributed by atoms with Crippen LogP contribution in [0.25, 0.3) is 0 Å². The number of nitrogens with zero attached hydrogens (tertiary/aromatic N) is 3. The highest BCUT2D eigenvalue weighted by Gasteiger charge is 2.29. The van der Waals surface area contributed by atoms with Gasteiger partial charge in [-0.2, -0.15) is 0 Å². The van der Waals surface area contributed by atoms with E-state index in [1.807, 2.05) is 26.0 Å². The summed E-state index contributed by atoms with van der Waals surface area (Å²) in [6, 6.07) is 8.83. The Morgan fingerprint density at radius 3 is 2.59 bits per heavy atom. The maximum atomic E-state index is 12.3. The van der Waals surface area contributed by atoms with Crippen molar-refractivity contribution in [1.29, 1.82) is 0 Å². The van der Waals surface area contributed by atoms with E-state index >= 15 is 0 Å². The van der Waals surface area contributed by atoms with Gasteiger partial charge in [-0.1, -0.05) is 17.8 Å². The molecular formula is C18H19N5O3S. The maximum absolute atomic E-state index is 12.3. The van der Waals surface area contributed by atoms with E-state index in [4.69, 9.17) is 0 Å². The molecule has 2 heterocycles. The fourth-order valence-corrected chi connectivity index (χ4v) is 3.38. The highest BCUT2D eigenvalue weighted by molar-refractivity contribution is 8.14. The number of benzene rings is 1. The molecule has 3 amide bonds. The van der Waals surface area contributed by atoms with Crippen molar-refractivity contribution in [3.63, 3.8) is 0 Å². The molecule has 1 aliphatic rings. The molecule has 9 heteroatoms. The molecule has 0 aliphatic carbocycles. The van der Waals surface area contributed by atoms with Gasteiger partial charge < -0.3 is 10.6 Å². The third kappa shape index (κ3) is 4.82. The van der Waals surface area contributed by atoms with Crippen molar-refractivity contribution in [2.75, 3.05) is 24.2 Å². The van der Waals surface area contributed by atoms with Gasteiger partial charge in [-0.25, -0.2) is 9.97 Å². The minimum Gasteiger partial charge on any atom is -0.350 e. The monoisotopic (exact) mass is 385 g/mol. The SMILES string of the molecule is Cc1cc(C)nc(Nc2cccc(C(=O)NCCN3C(=O)CSC3=O)c2)n1. The lowest BCUT2D eigenvalue weighted by Crippen LogP contribution is -2.37. The Kier molecular flexibility index (Phi) is 5.70. The second kappa shape index (κ2) is 8.17. The molecule has 0 saturated carbocycles. The van der Waals surface area contributed by atoms with E-state index in [0.29, 0.717) is 17.2 Å². The van der Waals surface area contributed by atoms with Crippen LogP contribution in [-0.4, -0.2) is 50.8 Å². The second-order valence-corrected chi connectivity index (χ2v) is 6.96. The Balaban J connectivity index is 1.60. The number of rotatable bonds is 6. The molecule has 2 aromatic rings. The minimum absolute atomic E-state index is 0.168. The zero-order valence-corrected chi connectivity index (χ0v) is 15.8. The summed E-state index contributed by atoms with van der Waals surface area (Å²) in [5.41, 5.74) is 2.85. The predicted molar refractivity (Wildman–Crippen MR) is 103 cm³/mol. The van der Waals surface area contributed by atoms with Crippen LogP contribution in [0.4, 0.5) is 16.4 Å². The molecule has 1 saturated heterocycles. The van der Waals surface area contributed by atoms with Crippen LogP contribution in [0.1, 0.15) is 21.7 Å². The fraction of sp³-hybridized carbons (Fsp3) is 0.278. The lowest BCUT2D eigenvalue weighted by atomic mass is 10.2. The number of hydrogen-bond acceptors (Lipinski definition) is 7. The van der Waals surface area contributed by atoms with Crippen LogP contribution in [0.15, 0.2) is 30.3 Å². The quantitative estimate of drug-likeness (QED) is 0.786. The average molecular weight is 385 g/mol. The lowest BCUT2D eigenvalue weighted by molar-refractivity contribution is -0.124. The summed E-state index contributed by atoms with van der Waals surface area (Å²) < 4.78 is 0. The van der Waals surface area contributed by atoms with E-state index in [-0.39, 0.29) is 35.9 Å². The van der Waals surface area contributed by atoms with Crippen molar-refractivity contribution in [3.05, 3.63) is 47.3 Å². The zero-order chi connectivity index (χ0) is 19.4. The molecule has 2 N–H and O–H groups in total. The topological polar surface area (TPSA) is 104 Å². The number of anilines is 2. The van der Waals surface area contributed by atoms with E-state index in [0.717, 1.165) is 28.0 Å². The van der Waals surface area contributed by atoms with Crippen LogP contribution in [0, 0.1) is 13.8 Å². The van der Waals surface area contributed by atoms with Gasteiger partial charge in [0.1, 0.15) is 0 Å². The molecule has 0 radical (unpaired) electrons. The van der Waals surface area contributed by atoms with Gasteiger partial charge in [0.05, 0.1) is 5.75 Å². The highest BCUT2D eigenvalue weighted by Crippen LogP contribution is 2.18. The van der Waals surface area contributed by atoms with Gasteiger partial charge in [0, 0.05) is 35.7 Å². The van der Waals surface area contributed by atoms with Crippen molar-refractivity contribution < 1.29 is 14.4 Å². The van der Waals surface area contributed by atoms with Crippen molar-refractivity contribution in [1.82, 2.24) is 20.2 Å². The number of imide groups is 1. The Hall–Kier alpha value is -2.94. The number of nitrogens with one attached hydrogen (secondary N) is 2. The largest absolute Gasteiger partial charge is 0.350 e. The summed E-state index contributed by atoms with van der Waals surface area (Å²) in [5.74, 6) is 0.125. The summed E-state index contributed by atoms with van der Waals surface area (Å²) in [7, 11) is 0. The molecule has 1 aromatic heterocycles. The van der Waals surface area contributed by atoms with E-state index in [1.54, 1.807) is 18.2 Å². The predicted octanol–water partition coefficient (Wildman–Crippen LogP) is 2.26. The van der Waals surface area contributed by atoms with Crippen molar-refractivity contribution >= 4 is 40.5 Å². The van der Waals surface area contributed by atoms with E-state index < -0.39 is 0 Å². The smallest absolute Gasteiger partial charge is 0.288 e. The van der Waals surface area contributed by atoms with Crippen molar-refractivity contribution in [2.45, 2.75) is 13.8 Å². The highest BCUT2D eigenvalue weighted by atomic mass is 32.2. The maximum Gasteiger partial charge on any atom is 0.288 e. The summed E-state index contributed by atoms with van der Waals surface area (Å²) in [6.45, 7) is 4.15. The molecule has 1 fully saturated rings. The minimum atomic E-state index is -0.285. The Morgan fingerprint density at radius 2 is 1.93 bits per heavy atom. The van der Waals surface area contributed by atoms with Crippen LogP contribution in [0.2, 0.25) is 0 Å². The van der Waals surface area contributed by atoms with Gasteiger partial charge in [-0.05, 0) is 38.1 Å². The standard InChI is InChI=1S/C18H19N5O3S/c1-11-8-12(2)21-17(20-11)22-14-5-3-4-13(9-14)16(25)19-6-7-23-15(24)10-27-18(23)26/h3-5,8-9H,6-7,10H2,1-2H3,(H,19,25)(H,20,21,22). The average Bonchev–Trinajstić information content (AvgIpc) is 2.93.